The Hall–Kier alpha value is -8.13. The van der Waals surface area contributed by atoms with E-state index in [1.807, 2.05) is 0 Å². The molecule has 0 fully saturated rings. The SMILES string of the molecule is O=C(O)CC[C@@H](C(=O)O)N([C@@H](CCN([C@@H](CCCCNC(=O)OCc1ccccc1)C(=O)OCc1ccccc1)S(=O)(=O)c1ccccc1[N+](=O)[O-])C(=O)OCc1ccccc1)S(=O)(=O)c1ccccc1[N+](=O)[O-]. The van der Waals surface area contributed by atoms with Crippen molar-refractivity contribution in [3.05, 3.63) is 176 Å². The summed E-state index contributed by atoms with van der Waals surface area (Å²) in [7, 11) is -11.0. The molecular weight excluding hydrogens is 1010 g/mol. The van der Waals surface area contributed by atoms with Crippen LogP contribution in [0.1, 0.15) is 55.2 Å². The van der Waals surface area contributed by atoms with Gasteiger partial charge >= 0.3 is 30.0 Å². The number of esters is 2. The molecule has 0 saturated carbocycles. The number of alkyl carbamates (subject to hydrolysis) is 1. The number of nitro benzene ring substituents is 2. The summed E-state index contributed by atoms with van der Waals surface area (Å²) in [5.41, 5.74) is -0.576. The number of carbonyl (C=O) groups is 5. The number of carboxylic acids is 2. The van der Waals surface area contributed by atoms with E-state index in [9.17, 15) is 62.8 Å². The number of benzene rings is 5. The van der Waals surface area contributed by atoms with Crippen LogP contribution in [0.5, 0.6) is 0 Å². The van der Waals surface area contributed by atoms with Gasteiger partial charge in [0, 0.05) is 31.6 Å². The van der Waals surface area contributed by atoms with Crippen molar-refractivity contribution >= 4 is 61.4 Å². The van der Waals surface area contributed by atoms with Gasteiger partial charge in [-0.15, -0.1) is 0 Å². The van der Waals surface area contributed by atoms with Crippen molar-refractivity contribution in [1.82, 2.24) is 13.9 Å². The number of hydrogen-bond acceptors (Lipinski definition) is 16. The summed E-state index contributed by atoms with van der Waals surface area (Å²) in [4.78, 5) is 87.2. The van der Waals surface area contributed by atoms with E-state index in [1.165, 1.54) is 18.2 Å². The predicted molar refractivity (Wildman–Crippen MR) is 261 cm³/mol. The van der Waals surface area contributed by atoms with E-state index in [4.69, 9.17) is 14.2 Å². The topological polar surface area (TPSA) is 327 Å². The van der Waals surface area contributed by atoms with E-state index in [0.717, 1.165) is 42.5 Å². The van der Waals surface area contributed by atoms with Crippen molar-refractivity contribution in [2.24, 2.45) is 0 Å². The number of sulfonamides is 2. The van der Waals surface area contributed by atoms with E-state index >= 15 is 8.42 Å². The molecule has 25 heteroatoms. The zero-order valence-corrected chi connectivity index (χ0v) is 41.0. The number of carboxylic acid groups (broad SMARTS) is 2. The zero-order chi connectivity index (χ0) is 53.8. The second-order valence-corrected chi connectivity index (χ2v) is 19.8. The minimum Gasteiger partial charge on any atom is -0.481 e. The number of amides is 1. The van der Waals surface area contributed by atoms with Crippen molar-refractivity contribution in [3.63, 3.8) is 0 Å². The van der Waals surface area contributed by atoms with Gasteiger partial charge in [0.15, 0.2) is 9.79 Å². The molecule has 23 nitrogen and oxygen atoms in total. The monoisotopic (exact) mass is 1060 g/mol. The van der Waals surface area contributed by atoms with Gasteiger partial charge in [-0.1, -0.05) is 115 Å². The highest BCUT2D eigenvalue weighted by atomic mass is 32.2. The summed E-state index contributed by atoms with van der Waals surface area (Å²) in [5.74, 6) is -6.42. The molecule has 74 heavy (non-hydrogen) atoms. The van der Waals surface area contributed by atoms with E-state index in [2.05, 4.69) is 5.32 Å². The fourth-order valence-corrected chi connectivity index (χ4v) is 11.3. The molecule has 3 N–H and O–H groups in total. The van der Waals surface area contributed by atoms with E-state index in [1.54, 1.807) is 78.9 Å². The molecule has 5 rings (SSSR count). The van der Waals surface area contributed by atoms with Gasteiger partial charge in [-0.05, 0) is 60.9 Å². The van der Waals surface area contributed by atoms with Crippen LogP contribution in [-0.4, -0.2) is 107 Å². The summed E-state index contributed by atoms with van der Waals surface area (Å²) >= 11 is 0. The van der Waals surface area contributed by atoms with Crippen LogP contribution in [0.2, 0.25) is 0 Å². The first kappa shape index (κ1) is 56.8. The quantitative estimate of drug-likeness (QED) is 0.0157. The highest BCUT2D eigenvalue weighted by Gasteiger charge is 2.48. The van der Waals surface area contributed by atoms with E-state index < -0.39 is 145 Å². The average Bonchev–Trinajstić information content (AvgIpc) is 3.39. The van der Waals surface area contributed by atoms with Crippen LogP contribution in [0.4, 0.5) is 16.2 Å². The van der Waals surface area contributed by atoms with Crippen molar-refractivity contribution in [2.75, 3.05) is 13.1 Å². The van der Waals surface area contributed by atoms with Gasteiger partial charge in [0.2, 0.25) is 0 Å². The first-order chi connectivity index (χ1) is 35.3. The number of nitro groups is 2. The Morgan fingerprint density at radius 1 is 0.541 bits per heavy atom. The third kappa shape index (κ3) is 15.7. The predicted octanol–water partition coefficient (Wildman–Crippen LogP) is 6.21. The smallest absolute Gasteiger partial charge is 0.407 e. The number of nitrogens with one attached hydrogen (secondary N) is 1. The van der Waals surface area contributed by atoms with Gasteiger partial charge in [-0.25, -0.2) is 21.6 Å². The third-order valence-corrected chi connectivity index (χ3v) is 15.1. The summed E-state index contributed by atoms with van der Waals surface area (Å²) < 4.78 is 77.1. The lowest BCUT2D eigenvalue weighted by atomic mass is 10.1. The lowest BCUT2D eigenvalue weighted by Gasteiger charge is -2.35. The summed E-state index contributed by atoms with van der Waals surface area (Å²) in [6, 6.07) is 25.4. The minimum absolute atomic E-state index is 0.00891. The van der Waals surface area contributed by atoms with Gasteiger partial charge in [-0.2, -0.15) is 8.61 Å². The van der Waals surface area contributed by atoms with Gasteiger partial charge in [0.1, 0.15) is 37.9 Å². The second kappa shape index (κ2) is 27.1. The number of ether oxygens (including phenoxy) is 3. The summed E-state index contributed by atoms with van der Waals surface area (Å²) in [6.45, 7) is -2.30. The van der Waals surface area contributed by atoms with Crippen LogP contribution >= 0.6 is 0 Å². The largest absolute Gasteiger partial charge is 0.481 e. The van der Waals surface area contributed by atoms with Crippen molar-refractivity contribution in [3.8, 4) is 0 Å². The summed E-state index contributed by atoms with van der Waals surface area (Å²) in [5, 5.41) is 47.5. The average molecular weight is 1060 g/mol. The zero-order valence-electron chi connectivity index (χ0n) is 39.3. The molecule has 0 aliphatic carbocycles. The first-order valence-corrected chi connectivity index (χ1v) is 25.5. The molecule has 0 radical (unpaired) electrons. The normalized spacial score (nSPS) is 12.7. The Bertz CT molecular complexity index is 2990. The van der Waals surface area contributed by atoms with E-state index in [-0.39, 0.29) is 30.3 Å². The first-order valence-electron chi connectivity index (χ1n) is 22.6. The maximum absolute atomic E-state index is 15.1. The number of carbonyl (C=O) groups excluding carboxylic acids is 3. The molecule has 3 atom stereocenters. The fourth-order valence-electron chi connectivity index (χ4n) is 7.56. The van der Waals surface area contributed by atoms with Crippen LogP contribution in [0.3, 0.4) is 0 Å². The highest BCUT2D eigenvalue weighted by Crippen LogP contribution is 2.34. The number of aliphatic carboxylic acids is 2. The number of hydrogen-bond donors (Lipinski definition) is 3. The molecule has 392 valence electrons. The molecule has 0 aliphatic heterocycles. The van der Waals surface area contributed by atoms with Crippen molar-refractivity contribution in [2.45, 2.75) is 86.3 Å². The third-order valence-electron chi connectivity index (χ3n) is 11.1. The Labute approximate surface area is 424 Å². The number of para-hydroxylation sites is 2. The molecule has 5 aromatic carbocycles. The molecule has 0 bridgehead atoms. The van der Waals surface area contributed by atoms with Crippen molar-refractivity contribution < 1.29 is 75.1 Å². The highest BCUT2D eigenvalue weighted by molar-refractivity contribution is 7.89. The molecule has 1 amide bonds. The van der Waals surface area contributed by atoms with Gasteiger partial charge < -0.3 is 29.7 Å². The summed E-state index contributed by atoms with van der Waals surface area (Å²) in [6.07, 6.45) is -4.49. The minimum atomic E-state index is -5.65. The second-order valence-electron chi connectivity index (χ2n) is 16.2. The maximum Gasteiger partial charge on any atom is 0.407 e. The maximum atomic E-state index is 15.1. The van der Waals surface area contributed by atoms with Crippen LogP contribution in [0.15, 0.2) is 149 Å². The van der Waals surface area contributed by atoms with Crippen LogP contribution < -0.4 is 5.32 Å². The van der Waals surface area contributed by atoms with Crippen LogP contribution in [0, 0.1) is 20.2 Å². The molecule has 0 aromatic heterocycles. The molecule has 0 saturated heterocycles. The fraction of sp³-hybridized carbons (Fsp3) is 0.286. The number of nitrogens with zero attached hydrogens (tertiary/aromatic N) is 4. The van der Waals surface area contributed by atoms with Crippen LogP contribution in [-0.2, 0) is 73.3 Å². The molecule has 0 spiro atoms. The van der Waals surface area contributed by atoms with Crippen molar-refractivity contribution in [1.29, 1.82) is 0 Å². The molecule has 0 aliphatic rings. The Balaban J connectivity index is 1.64. The molecule has 0 heterocycles. The Kier molecular flexibility index (Phi) is 20.8. The molecule has 5 aromatic rings. The molecule has 0 unspecified atom stereocenters. The lowest BCUT2D eigenvalue weighted by Crippen LogP contribution is -2.56. The van der Waals surface area contributed by atoms with Crippen LogP contribution in [0.25, 0.3) is 0 Å². The number of rotatable bonds is 29. The van der Waals surface area contributed by atoms with E-state index in [0.29, 0.717) is 21.0 Å². The standard InChI is InChI=1S/C49H51N5O18S2/c55-45(56)28-27-40(46(57)58)52(74(68,69)44-26-13-11-23-39(44)54(64)65)42(48(60)71-33-36-18-6-2-7-19-36)29-31-51(73(66,67)43-25-12-10-22-38(43)53(62)63)41(47(59)70-32-35-16-4-1-5-17-35)24-14-15-30-50-49(61)72-34-37-20-8-3-9-21-37/h1-13,16-23,25-26,40-42H,14-15,24,27-34H2,(H,50,61)(H,55,56)(H,57,58)/t40-,41-,42-/m0/s1. The number of unbranched alkanes of at least 4 members (excludes halogenated alkanes) is 1. The van der Waals surface area contributed by atoms with Gasteiger partial charge in [-0.3, -0.25) is 39.4 Å². The lowest BCUT2D eigenvalue weighted by molar-refractivity contribution is -0.388. The van der Waals surface area contributed by atoms with Gasteiger partial charge in [0.25, 0.3) is 31.4 Å². The molecular formula is C49H51N5O18S2. The Morgan fingerprint density at radius 2 is 0.973 bits per heavy atom. The van der Waals surface area contributed by atoms with Gasteiger partial charge in [0.05, 0.1) is 9.85 Å². The Morgan fingerprint density at radius 3 is 1.43 bits per heavy atom.